The molecule has 0 spiro atoms. The summed E-state index contributed by atoms with van der Waals surface area (Å²) in [6.07, 6.45) is -4.12. The first-order valence-electron chi connectivity index (χ1n) is 8.25. The molecule has 1 aromatic heterocycles. The average Bonchev–Trinajstić information content (AvgIpc) is 2.57. The molecule has 0 aliphatic carbocycles. The molecule has 1 aromatic carbocycles. The van der Waals surface area contributed by atoms with Crippen LogP contribution in [0.4, 0.5) is 18.9 Å². The number of rotatable bonds is 5. The molecule has 28 heavy (non-hydrogen) atoms. The third-order valence-corrected chi connectivity index (χ3v) is 4.21. The second-order valence-corrected chi connectivity index (χ2v) is 6.71. The predicted molar refractivity (Wildman–Crippen MR) is 99.2 cm³/mol. The van der Waals surface area contributed by atoms with Crippen molar-refractivity contribution in [2.75, 3.05) is 11.4 Å². The molecule has 5 nitrogen and oxygen atoms in total. The number of carbonyl (C=O) groups is 1. The maximum absolute atomic E-state index is 13.0. The lowest BCUT2D eigenvalue weighted by Crippen LogP contribution is -2.37. The quantitative estimate of drug-likeness (QED) is 0.744. The van der Waals surface area contributed by atoms with Crippen LogP contribution in [0, 0.1) is 25.2 Å². The van der Waals surface area contributed by atoms with Crippen LogP contribution in [0.2, 0.25) is 5.02 Å². The van der Waals surface area contributed by atoms with Crippen LogP contribution < -0.4 is 10.5 Å². The van der Waals surface area contributed by atoms with Gasteiger partial charge in [0.2, 0.25) is 5.91 Å². The molecular weight excluding hydrogens is 395 g/mol. The molecule has 148 valence electrons. The van der Waals surface area contributed by atoms with Crippen LogP contribution in [0.1, 0.15) is 23.1 Å². The Hall–Kier alpha value is -2.79. The standard InChI is InChI=1S/C19H17ClF3N3O2/c1-12-6-13(2)8-15(7-12)26(5-3-4-24)17(27)11-25-10-14(19(21,22)23)9-16(20)18(25)28/h6-10H,3,5,11H2,1-2H3. The van der Waals surface area contributed by atoms with Gasteiger partial charge in [-0.1, -0.05) is 17.7 Å². The summed E-state index contributed by atoms with van der Waals surface area (Å²) in [7, 11) is 0. The summed E-state index contributed by atoms with van der Waals surface area (Å²) in [4.78, 5) is 26.2. The molecule has 0 N–H and O–H groups in total. The molecule has 9 heteroatoms. The lowest BCUT2D eigenvalue weighted by molar-refractivity contribution is -0.138. The van der Waals surface area contributed by atoms with Crippen LogP contribution in [0.15, 0.2) is 35.3 Å². The third-order valence-electron chi connectivity index (χ3n) is 3.94. The van der Waals surface area contributed by atoms with E-state index in [-0.39, 0.29) is 13.0 Å². The number of nitriles is 1. The van der Waals surface area contributed by atoms with E-state index in [4.69, 9.17) is 16.9 Å². The zero-order valence-electron chi connectivity index (χ0n) is 15.2. The summed E-state index contributed by atoms with van der Waals surface area (Å²) in [5.74, 6) is -0.627. The Bertz CT molecular complexity index is 973. The number of halogens is 4. The Kier molecular flexibility index (Phi) is 6.52. The zero-order valence-corrected chi connectivity index (χ0v) is 15.9. The van der Waals surface area contributed by atoms with Crippen molar-refractivity contribution in [3.8, 4) is 6.07 Å². The van der Waals surface area contributed by atoms with Gasteiger partial charge in [-0.05, 0) is 43.2 Å². The molecule has 0 saturated carbocycles. The number of benzene rings is 1. The van der Waals surface area contributed by atoms with Crippen molar-refractivity contribution in [1.82, 2.24) is 4.57 Å². The molecular formula is C19H17ClF3N3O2. The summed E-state index contributed by atoms with van der Waals surface area (Å²) in [6, 6.07) is 7.81. The monoisotopic (exact) mass is 411 g/mol. The van der Waals surface area contributed by atoms with Crippen molar-refractivity contribution in [2.24, 2.45) is 0 Å². The molecule has 0 radical (unpaired) electrons. The fourth-order valence-corrected chi connectivity index (χ4v) is 2.99. The molecule has 0 bridgehead atoms. The van der Waals surface area contributed by atoms with E-state index in [9.17, 15) is 22.8 Å². The molecule has 0 fully saturated rings. The summed E-state index contributed by atoms with van der Waals surface area (Å²) < 4.78 is 39.6. The van der Waals surface area contributed by atoms with Gasteiger partial charge in [-0.25, -0.2) is 0 Å². The first-order valence-corrected chi connectivity index (χ1v) is 8.63. The fraction of sp³-hybridized carbons (Fsp3) is 0.316. The van der Waals surface area contributed by atoms with Crippen molar-refractivity contribution in [3.05, 3.63) is 62.5 Å². The van der Waals surface area contributed by atoms with Gasteiger partial charge in [0.15, 0.2) is 0 Å². The third kappa shape index (κ3) is 5.14. The highest BCUT2D eigenvalue weighted by Crippen LogP contribution is 2.29. The van der Waals surface area contributed by atoms with Gasteiger partial charge in [-0.2, -0.15) is 18.4 Å². The Labute approximate surface area is 164 Å². The summed E-state index contributed by atoms with van der Waals surface area (Å²) in [5.41, 5.74) is 0.237. The SMILES string of the molecule is Cc1cc(C)cc(N(CCC#N)C(=O)Cn2cc(C(F)(F)F)cc(Cl)c2=O)c1. The number of hydrogen-bond donors (Lipinski definition) is 0. The van der Waals surface area contributed by atoms with E-state index in [2.05, 4.69) is 0 Å². The van der Waals surface area contributed by atoms with Gasteiger partial charge in [0.1, 0.15) is 11.6 Å². The average molecular weight is 412 g/mol. The molecule has 0 saturated heterocycles. The largest absolute Gasteiger partial charge is 0.417 e. The lowest BCUT2D eigenvalue weighted by Gasteiger charge is -2.23. The fourth-order valence-electron chi connectivity index (χ4n) is 2.77. The second kappa shape index (κ2) is 8.48. The van der Waals surface area contributed by atoms with E-state index in [1.54, 1.807) is 12.1 Å². The van der Waals surface area contributed by atoms with Crippen molar-refractivity contribution in [1.29, 1.82) is 5.26 Å². The van der Waals surface area contributed by atoms with Crippen LogP contribution in [-0.4, -0.2) is 17.0 Å². The minimum absolute atomic E-state index is 0.0248. The van der Waals surface area contributed by atoms with Gasteiger partial charge in [-0.15, -0.1) is 0 Å². The highest BCUT2D eigenvalue weighted by molar-refractivity contribution is 6.30. The minimum Gasteiger partial charge on any atom is -0.310 e. The predicted octanol–water partition coefficient (Wildman–Crippen LogP) is 4.08. The zero-order chi connectivity index (χ0) is 21.1. The van der Waals surface area contributed by atoms with Crippen LogP contribution in [0.3, 0.4) is 0 Å². The van der Waals surface area contributed by atoms with Crippen molar-refractivity contribution in [2.45, 2.75) is 33.0 Å². The van der Waals surface area contributed by atoms with Crippen molar-refractivity contribution in [3.63, 3.8) is 0 Å². The number of anilines is 1. The Morgan fingerprint density at radius 2 is 1.82 bits per heavy atom. The first-order chi connectivity index (χ1) is 13.0. The van der Waals surface area contributed by atoms with E-state index in [0.29, 0.717) is 22.5 Å². The number of nitrogens with zero attached hydrogens (tertiary/aromatic N) is 3. The molecule has 0 aliphatic rings. The number of aromatic nitrogens is 1. The summed E-state index contributed by atoms with van der Waals surface area (Å²) in [5, 5.41) is 8.24. The lowest BCUT2D eigenvalue weighted by atomic mass is 10.1. The maximum atomic E-state index is 13.0. The number of aryl methyl sites for hydroxylation is 2. The van der Waals surface area contributed by atoms with Gasteiger partial charge < -0.3 is 9.47 Å². The normalized spacial score (nSPS) is 11.2. The van der Waals surface area contributed by atoms with Crippen LogP contribution in [0.25, 0.3) is 0 Å². The molecule has 0 aliphatic heterocycles. The number of amides is 1. The maximum Gasteiger partial charge on any atom is 0.417 e. The van der Waals surface area contributed by atoms with Gasteiger partial charge in [0, 0.05) is 18.4 Å². The van der Waals surface area contributed by atoms with Gasteiger partial charge in [-0.3, -0.25) is 9.59 Å². The summed E-state index contributed by atoms with van der Waals surface area (Å²) in [6.45, 7) is 3.07. The van der Waals surface area contributed by atoms with Crippen molar-refractivity contribution >= 4 is 23.2 Å². The van der Waals surface area contributed by atoms with E-state index < -0.39 is 34.8 Å². The van der Waals surface area contributed by atoms with E-state index in [1.165, 1.54) is 4.90 Å². The molecule has 1 amide bonds. The highest BCUT2D eigenvalue weighted by atomic mass is 35.5. The number of pyridine rings is 1. The Balaban J connectivity index is 2.43. The van der Waals surface area contributed by atoms with E-state index >= 15 is 0 Å². The topological polar surface area (TPSA) is 66.1 Å². The van der Waals surface area contributed by atoms with Crippen molar-refractivity contribution < 1.29 is 18.0 Å². The summed E-state index contributed by atoms with van der Waals surface area (Å²) >= 11 is 5.63. The van der Waals surface area contributed by atoms with Gasteiger partial charge in [0.25, 0.3) is 5.56 Å². The smallest absolute Gasteiger partial charge is 0.310 e. The van der Waals surface area contributed by atoms with E-state index in [0.717, 1.165) is 11.1 Å². The molecule has 0 unspecified atom stereocenters. The molecule has 2 aromatic rings. The Morgan fingerprint density at radius 1 is 1.21 bits per heavy atom. The molecule has 1 heterocycles. The number of hydrogen-bond acceptors (Lipinski definition) is 3. The van der Waals surface area contributed by atoms with Crippen LogP contribution >= 0.6 is 11.6 Å². The van der Waals surface area contributed by atoms with Gasteiger partial charge in [0.05, 0.1) is 18.1 Å². The highest BCUT2D eigenvalue weighted by Gasteiger charge is 2.32. The second-order valence-electron chi connectivity index (χ2n) is 6.31. The molecule has 2 rings (SSSR count). The Morgan fingerprint density at radius 3 is 2.36 bits per heavy atom. The number of alkyl halides is 3. The minimum atomic E-state index is -4.71. The first kappa shape index (κ1) is 21.5. The molecule has 0 atom stereocenters. The van der Waals surface area contributed by atoms with Gasteiger partial charge >= 0.3 is 6.18 Å². The van der Waals surface area contributed by atoms with E-state index in [1.807, 2.05) is 26.0 Å². The van der Waals surface area contributed by atoms with Crippen LogP contribution in [0.5, 0.6) is 0 Å². The van der Waals surface area contributed by atoms with Crippen LogP contribution in [-0.2, 0) is 17.5 Å². The number of carbonyl (C=O) groups excluding carboxylic acids is 1.